The fourth-order valence-corrected chi connectivity index (χ4v) is 18.2. The zero-order valence-electron chi connectivity index (χ0n) is 58.4. The molecular formula is C69H85O28S5-9. The fraction of sp³-hybridized carbons (Fsp3) is 0.536. The van der Waals surface area contributed by atoms with Crippen molar-refractivity contribution in [3.63, 3.8) is 0 Å². The fourth-order valence-electron chi connectivity index (χ4n) is 15.7. The van der Waals surface area contributed by atoms with Gasteiger partial charge in [0, 0.05) is 36.1 Å². The molecule has 4 aliphatic carbocycles. The summed E-state index contributed by atoms with van der Waals surface area (Å²) in [5, 5.41) is -1.25. The van der Waals surface area contributed by atoms with Crippen LogP contribution in [0.4, 0.5) is 0 Å². The monoisotopic (exact) mass is 1520 g/mol. The van der Waals surface area contributed by atoms with Crippen LogP contribution >= 0.6 is 0 Å². The second kappa shape index (κ2) is 27.2. The zero-order chi connectivity index (χ0) is 75.0. The van der Waals surface area contributed by atoms with Gasteiger partial charge in [0.2, 0.25) is 22.4 Å². The molecule has 1 unspecified atom stereocenters. The van der Waals surface area contributed by atoms with Gasteiger partial charge >= 0.3 is 0 Å². The Bertz CT molecular complexity index is 4790. The van der Waals surface area contributed by atoms with E-state index in [1.165, 1.54) is 69.6 Å². The average Bonchev–Trinajstić information content (AvgIpc) is 1.17. The number of rotatable bonds is 29. The molecule has 3 fully saturated rings. The average molecular weight is 1520 g/mol. The molecule has 4 aromatic carbocycles. The first-order chi connectivity index (χ1) is 46.8. The Hall–Kier alpha value is -6.41. The van der Waals surface area contributed by atoms with E-state index in [4.69, 9.17) is 40.3 Å². The number of hydrogen-bond donors (Lipinski definition) is 0. The van der Waals surface area contributed by atoms with Crippen molar-refractivity contribution in [3.05, 3.63) is 104 Å². The van der Waals surface area contributed by atoms with E-state index in [1.807, 2.05) is 0 Å². The lowest BCUT2D eigenvalue weighted by molar-refractivity contribution is -0.0644. The number of fused-ring (bicyclic) bond motifs is 7. The van der Waals surface area contributed by atoms with Gasteiger partial charge < -0.3 is 89.7 Å². The van der Waals surface area contributed by atoms with E-state index in [-0.39, 0.29) is 84.6 Å². The van der Waals surface area contributed by atoms with Crippen LogP contribution in [0.25, 0.3) is 44.6 Å². The van der Waals surface area contributed by atoms with Crippen molar-refractivity contribution in [2.45, 2.75) is 138 Å². The maximum atomic E-state index is 14.7. The van der Waals surface area contributed by atoms with Crippen molar-refractivity contribution in [3.8, 4) is 68.6 Å². The van der Waals surface area contributed by atoms with Gasteiger partial charge in [-0.05, 0) is 184 Å². The standard InChI is InChI=1S/C69H94O28S5/c1-40(2)15-12-16-42(4)50-22-23-51-49-21-20-46-37-47(25-27-68(46,6)52(49)26-28-69(50,51)7)87-29-13-30-88-55-36-45(19-24-53(55)95-100(9,78,79)80)65-67(97-102(11,84,85)86)63(71)60-56(33-41(3)34-58(60)91-65)89-31-14-32-90-57-38-48(94-99(8,75,76)77)39-59-61(57)62(70)66(93-98(72,73)74)64(92-59)44-18-17-43(5)54(35-44)96-101(10,81,82)83/h17-20,24,33-36,38-40,42,47,49-52H,12-16,21-23,25-32,37H2,1-11H3,(H,72,73,74)(H2,75,76,77)(H2,78,79,80)(H2,81,82,83)(H2,84,85,86)/p-9/t42-,47?,49+,50-,51+,52+,68+,69-/m1/s1. The Kier molecular flexibility index (Phi) is 20.8. The minimum atomic E-state index is -6.66. The minimum absolute atomic E-state index is 0.0174. The number of aryl methyl sites for hydroxylation is 2. The van der Waals surface area contributed by atoms with Crippen LogP contribution in [0.3, 0.4) is 0 Å². The summed E-state index contributed by atoms with van der Waals surface area (Å²) < 4.78 is 247. The first-order valence-corrected chi connectivity index (χ1v) is 43.3. The van der Waals surface area contributed by atoms with E-state index in [0.29, 0.717) is 41.2 Å². The lowest BCUT2D eigenvalue weighted by atomic mass is 9.47. The van der Waals surface area contributed by atoms with E-state index in [1.54, 1.807) is 6.92 Å². The number of ether oxygens (including phenoxy) is 4. The van der Waals surface area contributed by atoms with Crippen LogP contribution < -0.4 is 46.0 Å². The van der Waals surface area contributed by atoms with Crippen LogP contribution in [0.2, 0.25) is 0 Å². The smallest absolute Gasteiger partial charge is 0.262 e. The molecule has 33 heteroatoms. The molecule has 102 heavy (non-hydrogen) atoms. The van der Waals surface area contributed by atoms with Gasteiger partial charge in [0.25, 0.3) is 10.4 Å². The highest BCUT2D eigenvalue weighted by atomic mass is 32.3. The van der Waals surface area contributed by atoms with Gasteiger partial charge in [-0.25, -0.2) is 8.42 Å². The molecule has 3 saturated carbocycles. The van der Waals surface area contributed by atoms with E-state index >= 15 is 0 Å². The molecule has 0 spiro atoms. The number of benzene rings is 4. The van der Waals surface area contributed by atoms with Crippen molar-refractivity contribution >= 4 is 72.0 Å². The second-order valence-electron chi connectivity index (χ2n) is 29.2. The normalized spacial score (nSPS) is 23.7. The topological polar surface area (TPSA) is 453 Å². The summed E-state index contributed by atoms with van der Waals surface area (Å²) >= 11 is 0. The van der Waals surface area contributed by atoms with Gasteiger partial charge in [0.1, 0.15) is 44.9 Å². The Morgan fingerprint density at radius 3 is 1.74 bits per heavy atom. The van der Waals surface area contributed by atoms with Gasteiger partial charge in [0.15, 0.2) is 23.0 Å². The predicted molar refractivity (Wildman–Crippen MR) is 369 cm³/mol. The molecule has 10 rings (SSSR count). The summed E-state index contributed by atoms with van der Waals surface area (Å²) in [6.45, 7) is 14.1. The maximum Gasteiger partial charge on any atom is 0.262 e. The summed E-state index contributed by atoms with van der Waals surface area (Å²) in [6.07, 6.45) is 16.0. The Morgan fingerprint density at radius 1 is 0.578 bits per heavy atom. The van der Waals surface area contributed by atoms with Gasteiger partial charge in [-0.2, -0.15) is 0 Å². The molecule has 2 aromatic heterocycles. The molecule has 0 aliphatic heterocycles. The van der Waals surface area contributed by atoms with Crippen LogP contribution in [-0.4, -0.2) is 124 Å². The van der Waals surface area contributed by atoms with Crippen molar-refractivity contribution in [1.29, 1.82) is 0 Å². The van der Waals surface area contributed by atoms with E-state index in [9.17, 15) is 75.8 Å². The van der Waals surface area contributed by atoms with Crippen LogP contribution in [0.5, 0.6) is 46.0 Å². The molecule has 28 nitrogen and oxygen atoms in total. The molecule has 0 amide bonds. The highest BCUT2D eigenvalue weighted by Gasteiger charge is 2.59. The highest BCUT2D eigenvalue weighted by molar-refractivity contribution is 8.06. The van der Waals surface area contributed by atoms with E-state index in [2.05, 4.69) is 49.1 Å². The molecular weight excluding hydrogens is 1440 g/mol. The molecule has 6 aromatic rings. The van der Waals surface area contributed by atoms with E-state index < -0.39 is 142 Å². The molecule has 4 aliphatic rings. The van der Waals surface area contributed by atoms with Gasteiger partial charge in [-0.3, -0.25) is 26.4 Å². The third-order valence-electron chi connectivity index (χ3n) is 19.9. The zero-order valence-corrected chi connectivity index (χ0v) is 62.5. The van der Waals surface area contributed by atoms with Gasteiger partial charge in [0.05, 0.1) is 32.5 Å². The molecule has 0 radical (unpaired) electrons. The third kappa shape index (κ3) is 19.2. The third-order valence-corrected chi connectivity index (χ3v) is 22.4. The van der Waals surface area contributed by atoms with Gasteiger partial charge in [-0.1, -0.05) is 117 Å². The molecule has 8 atom stereocenters. The molecule has 0 N–H and O–H groups in total. The Balaban J connectivity index is 0.865. The summed E-state index contributed by atoms with van der Waals surface area (Å²) in [5.41, 5.74) is -2.19. The second-order valence-corrected chi connectivity index (χ2v) is 39.4. The molecule has 2 heterocycles. The predicted octanol–water partition coefficient (Wildman–Crippen LogP) is 10.8. The van der Waals surface area contributed by atoms with Crippen LogP contribution in [0.15, 0.2) is 90.7 Å². The van der Waals surface area contributed by atoms with Crippen molar-refractivity contribution in [2.75, 3.05) is 51.5 Å². The first kappa shape index (κ1) is 78.2. The summed E-state index contributed by atoms with van der Waals surface area (Å²) in [6, 6.07) is 10.3. The first-order valence-electron chi connectivity index (χ1n) is 33.4. The van der Waals surface area contributed by atoms with Crippen LogP contribution in [-0.2, 0) is 54.8 Å². The van der Waals surface area contributed by atoms with Crippen molar-refractivity contribution < 1.29 is 115 Å². The van der Waals surface area contributed by atoms with Crippen molar-refractivity contribution in [1.82, 2.24) is 0 Å². The quantitative estimate of drug-likeness (QED) is 0.0182. The lowest BCUT2D eigenvalue weighted by Gasteiger charge is -2.58. The molecule has 568 valence electrons. The van der Waals surface area contributed by atoms with Gasteiger partial charge in [-0.15, -0.1) is 0 Å². The summed E-state index contributed by atoms with van der Waals surface area (Å²) in [5.74, 6) is -3.44. The number of allylic oxidation sites excluding steroid dienone is 1. The van der Waals surface area contributed by atoms with E-state index in [0.717, 1.165) is 85.8 Å². The Labute approximate surface area is 591 Å². The molecule has 0 saturated heterocycles. The Morgan fingerprint density at radius 2 is 1.13 bits per heavy atom. The lowest BCUT2D eigenvalue weighted by Crippen LogP contribution is -2.51. The minimum Gasteiger partial charge on any atom is -0.771 e. The van der Waals surface area contributed by atoms with Crippen molar-refractivity contribution in [2.24, 2.45) is 46.3 Å². The van der Waals surface area contributed by atoms with Crippen LogP contribution in [0.1, 0.15) is 129 Å². The molecule has 0 bridgehead atoms. The summed E-state index contributed by atoms with van der Waals surface area (Å²) in [7, 11) is -31.5. The van der Waals surface area contributed by atoms with Crippen LogP contribution in [0, 0.1) is 60.2 Å². The summed E-state index contributed by atoms with van der Waals surface area (Å²) in [4.78, 5) is 29.0. The number of hydrogen-bond acceptors (Lipinski definition) is 28. The SMILES string of the molecule is Cc1cc(OCCCOc2cc(OS(C)(=O)([O-])[O-])cc3oc(-c4ccc(C)c(OS(C)(=O)([O-])[O-])c4)c(OS(=O)(=O)[O-])c(=O)c23)c2c(=O)c(OS(C)(=O)([O-])[O-])c(-c3ccc(OS(C)(=O)([O-])[O-])c(OCCCOC4CC[C@@]5(C)C(=CC[C@H]6[C@@H]7CC[C@H]([C@H](C)CCCC(C)C)[C@@]7(C)CC[C@@H]65)C4)c3)oc2c1. The largest absolute Gasteiger partial charge is 0.771 e. The highest BCUT2D eigenvalue weighted by Crippen LogP contribution is 2.67. The maximum absolute atomic E-state index is 14.7.